The lowest BCUT2D eigenvalue weighted by molar-refractivity contribution is -0.386. The molecule has 0 aromatic heterocycles. The van der Waals surface area contributed by atoms with E-state index in [4.69, 9.17) is 52.1 Å². The number of carbonyl (C=O) groups is 7. The predicted molar refractivity (Wildman–Crippen MR) is 318 cm³/mol. The third kappa shape index (κ3) is 19.0. The number of ether oxygens (including phenoxy) is 11. The van der Waals surface area contributed by atoms with Crippen LogP contribution in [0.3, 0.4) is 0 Å². The third-order valence-electron chi connectivity index (χ3n) is 18.1. The zero-order valence-electron chi connectivity index (χ0n) is 53.5. The van der Waals surface area contributed by atoms with Crippen molar-refractivity contribution in [2.24, 2.45) is 0 Å². The van der Waals surface area contributed by atoms with E-state index in [-0.39, 0.29) is 29.8 Å². The van der Waals surface area contributed by atoms with Crippen LogP contribution in [0.25, 0.3) is 0 Å². The van der Waals surface area contributed by atoms with Crippen molar-refractivity contribution in [1.82, 2.24) is 37.2 Å². The highest BCUT2D eigenvalue weighted by Gasteiger charge is 2.58. The molecule has 8 aliphatic heterocycles. The van der Waals surface area contributed by atoms with Gasteiger partial charge in [-0.25, -0.2) is 9.59 Å². The van der Waals surface area contributed by atoms with Gasteiger partial charge in [0.05, 0.1) is 58.1 Å². The van der Waals surface area contributed by atoms with Crippen molar-refractivity contribution < 1.29 is 172 Å². The van der Waals surface area contributed by atoms with Crippen molar-refractivity contribution >= 4 is 53.3 Å². The summed E-state index contributed by atoms with van der Waals surface area (Å²) in [4.78, 5) is 88.5. The average Bonchev–Trinajstić information content (AvgIpc) is 1.44. The number of hydrogen-bond acceptors (Lipinski definition) is 35. The Bertz CT molecular complexity index is 2710. The van der Waals surface area contributed by atoms with E-state index in [1.807, 2.05) is 0 Å². The van der Waals surface area contributed by atoms with E-state index in [9.17, 15) is 120 Å². The van der Waals surface area contributed by atoms with Crippen LogP contribution in [0.5, 0.6) is 0 Å². The fraction of sp³-hybridized carbons (Fsp3) is 0.875. The van der Waals surface area contributed by atoms with Gasteiger partial charge in [-0.2, -0.15) is 11.8 Å². The van der Waals surface area contributed by atoms with Crippen LogP contribution < -0.4 is 37.2 Å². The van der Waals surface area contributed by atoms with E-state index in [2.05, 4.69) is 37.2 Å². The van der Waals surface area contributed by atoms with Gasteiger partial charge in [-0.05, 0) is 12.8 Å². The van der Waals surface area contributed by atoms with Gasteiger partial charge in [0.25, 0.3) is 0 Å². The van der Waals surface area contributed by atoms with E-state index in [1.165, 1.54) is 0 Å². The quantitative estimate of drug-likeness (QED) is 0.0244. The molecule has 99 heavy (non-hydrogen) atoms. The van der Waals surface area contributed by atoms with Gasteiger partial charge in [-0.1, -0.05) is 6.42 Å². The van der Waals surface area contributed by atoms with Crippen LogP contribution in [0.2, 0.25) is 0 Å². The third-order valence-corrected chi connectivity index (χ3v) is 19.6. The number of fused-ring (bicyclic) bond motifs is 1. The first-order chi connectivity index (χ1) is 46.9. The van der Waals surface area contributed by atoms with E-state index < -0.39 is 272 Å². The fourth-order valence-electron chi connectivity index (χ4n) is 12.9. The topological polar surface area (TPSA) is 649 Å². The molecule has 0 saturated carbocycles. The summed E-state index contributed by atoms with van der Waals surface area (Å²) in [6.07, 6.45) is -53.1. The number of rotatable bonds is 29. The standard InChI is InChI=1S/C56H91N7O35S/c1-16(69)57-31-39(79)45(24(12-67)89-49(31)62-29(73)8-19(50(85)86)60-28(72)7-5-4-6-27-30-20(15-99-27)61-56(87)63-30)95-52-33(59-18(3)71)40(80)46(25(13-68)93-52)96-54-44(84)47(97-53-43(83)41(81)35(75)22(10-65)91-53)37(77)26(94-54)14-88-55-48(42(82)36(76)23(11-66)92-55)98-51-32(58-17(2)70)38(78)34(74)21(9-64)90-51/h19-27,30-49,51-55,64-68,74-84H,4-15H2,1-3H3,(H,57,69)(H,58,70)(H,59,71)(H,60,72)(H,62,73)(H,85,86)(H2,61,63,87)/t19?,20?,21?,22?,23?,24?,25?,26?,27?,30?,31?,32?,33?,34?,35-,36-,37-,38?,39+,40+,41?,42-,43?,44?,45-,46-,47-,48?,49+,51+,52-,53-,54-,55+/m0/s1. The molecular weight excluding hydrogens is 1360 g/mol. The predicted octanol–water partition coefficient (Wildman–Crippen LogP) is -13.9. The average molecular weight is 1450 g/mol. The Balaban J connectivity index is 0.984. The number of carbonyl (C=O) groups excluding carboxylic acids is 6. The van der Waals surface area contributed by atoms with Crippen LogP contribution in [0.1, 0.15) is 52.9 Å². The van der Waals surface area contributed by atoms with Gasteiger partial charge in [0, 0.05) is 38.2 Å². The molecule has 566 valence electrons. The summed E-state index contributed by atoms with van der Waals surface area (Å²) >= 11 is 1.68. The van der Waals surface area contributed by atoms with Crippen molar-refractivity contribution in [2.75, 3.05) is 45.4 Å². The van der Waals surface area contributed by atoms with Crippen molar-refractivity contribution in [1.29, 1.82) is 0 Å². The Kier molecular flexibility index (Phi) is 28.9. The smallest absolute Gasteiger partial charge is 0.326 e. The lowest BCUT2D eigenvalue weighted by Crippen LogP contribution is -2.71. The lowest BCUT2D eigenvalue weighted by Gasteiger charge is -2.50. The first-order valence-electron chi connectivity index (χ1n) is 31.9. The van der Waals surface area contributed by atoms with Crippen molar-refractivity contribution in [2.45, 2.75) is 260 Å². The number of aliphatic hydroxyl groups is 16. The molecule has 34 atom stereocenters. The van der Waals surface area contributed by atoms with Gasteiger partial charge in [0.1, 0.15) is 152 Å². The zero-order chi connectivity index (χ0) is 72.6. The second-order valence-electron chi connectivity index (χ2n) is 25.1. The number of nitrogens with one attached hydrogen (secondary N) is 7. The molecule has 42 nitrogen and oxygen atoms in total. The van der Waals surface area contributed by atoms with Gasteiger partial charge in [0.2, 0.25) is 29.5 Å². The largest absolute Gasteiger partial charge is 0.480 e. The highest BCUT2D eigenvalue weighted by Crippen LogP contribution is 2.38. The number of carboxylic acids is 1. The van der Waals surface area contributed by atoms with Gasteiger partial charge < -0.3 is 176 Å². The fourth-order valence-corrected chi connectivity index (χ4v) is 14.4. The number of amides is 7. The summed E-state index contributed by atoms with van der Waals surface area (Å²) in [5.41, 5.74) is 0. The molecule has 0 spiro atoms. The SMILES string of the molecule is CC(=O)NC1C(O)C(O)C(CO)O[C@@H]1OC1[C@H](OCC2O[C@@H](O[C@H]3C(CO)O[C@@H](O[C@H]4C(CO)O[C@@H](NC(=O)CC(NC(=O)CCCCC5SCC6NC(=O)NC65)C(=O)O)C(NC(C)=O)[C@H]4O)C(NC(C)=O)[C@H]3O)C(O)[C@@H](O[C@@H]3OC(CO)[C@H](O)C(O)C3O)[C@H]2O)OC(CO)[C@H](O)[C@@H]1O. The van der Waals surface area contributed by atoms with Crippen LogP contribution in [-0.4, -0.2) is 381 Å². The number of hydrogen-bond donors (Lipinski definition) is 24. The highest BCUT2D eigenvalue weighted by molar-refractivity contribution is 8.00. The Morgan fingerprint density at radius 3 is 1.55 bits per heavy atom. The first kappa shape index (κ1) is 80.1. The second-order valence-corrected chi connectivity index (χ2v) is 26.4. The number of aliphatic carboxylic acids is 1. The monoisotopic (exact) mass is 1450 g/mol. The molecule has 0 aliphatic carbocycles. The maximum absolute atomic E-state index is 13.6. The molecule has 8 heterocycles. The molecule has 7 amide bonds. The van der Waals surface area contributed by atoms with Crippen molar-refractivity contribution in [3.8, 4) is 0 Å². The van der Waals surface area contributed by atoms with Crippen LogP contribution in [0.4, 0.5) is 4.79 Å². The van der Waals surface area contributed by atoms with Crippen LogP contribution >= 0.6 is 11.8 Å². The minimum atomic E-state index is -2.36. The molecule has 0 bridgehead atoms. The number of aliphatic hydroxyl groups excluding tert-OH is 16. The van der Waals surface area contributed by atoms with Gasteiger partial charge in [-0.3, -0.25) is 24.0 Å². The van der Waals surface area contributed by atoms with Crippen molar-refractivity contribution in [3.05, 3.63) is 0 Å². The second kappa shape index (κ2) is 35.7. The van der Waals surface area contributed by atoms with E-state index in [0.717, 1.165) is 26.5 Å². The first-order valence-corrected chi connectivity index (χ1v) is 33.0. The van der Waals surface area contributed by atoms with Crippen molar-refractivity contribution in [3.63, 3.8) is 0 Å². The zero-order valence-corrected chi connectivity index (χ0v) is 54.3. The summed E-state index contributed by atoms with van der Waals surface area (Å²) in [6.45, 7) is -3.17. The minimum absolute atomic E-state index is 0.00749. The van der Waals surface area contributed by atoms with E-state index in [0.29, 0.717) is 19.3 Å². The normalized spacial score (nSPS) is 43.3. The summed E-state index contributed by atoms with van der Waals surface area (Å²) in [5.74, 6) is -5.23. The summed E-state index contributed by atoms with van der Waals surface area (Å²) in [6, 6.07) is -7.39. The molecule has 19 unspecified atom stereocenters. The highest BCUT2D eigenvalue weighted by atomic mass is 32.2. The number of urea groups is 1. The molecule has 0 aromatic carbocycles. The molecule has 8 aliphatic rings. The lowest BCUT2D eigenvalue weighted by atomic mass is 9.93. The number of unbranched alkanes of at least 4 members (excludes halogenated alkanes) is 1. The van der Waals surface area contributed by atoms with E-state index in [1.54, 1.807) is 11.8 Å². The molecule has 8 rings (SSSR count). The molecule has 24 N–H and O–H groups in total. The Morgan fingerprint density at radius 2 is 0.960 bits per heavy atom. The number of carboxylic acid groups (broad SMARTS) is 1. The van der Waals surface area contributed by atoms with Crippen LogP contribution in [0, 0.1) is 0 Å². The maximum atomic E-state index is 13.6. The summed E-state index contributed by atoms with van der Waals surface area (Å²) in [5, 5.41) is 204. The molecule has 0 radical (unpaired) electrons. The van der Waals surface area contributed by atoms with Gasteiger partial charge in [0.15, 0.2) is 37.7 Å². The van der Waals surface area contributed by atoms with Gasteiger partial charge in [-0.15, -0.1) is 0 Å². The molecule has 43 heteroatoms. The maximum Gasteiger partial charge on any atom is 0.326 e. The molecule has 8 saturated heterocycles. The Labute approximate surface area is 567 Å². The Hall–Kier alpha value is -4.64. The van der Waals surface area contributed by atoms with Crippen LogP contribution in [0.15, 0.2) is 0 Å². The summed E-state index contributed by atoms with van der Waals surface area (Å²) in [7, 11) is 0. The molecule has 8 fully saturated rings. The summed E-state index contributed by atoms with van der Waals surface area (Å²) < 4.78 is 64.8. The Morgan fingerprint density at radius 1 is 0.485 bits per heavy atom. The van der Waals surface area contributed by atoms with Gasteiger partial charge >= 0.3 is 12.0 Å². The molecule has 0 aromatic rings. The van der Waals surface area contributed by atoms with Crippen LogP contribution in [-0.2, 0) is 80.9 Å². The van der Waals surface area contributed by atoms with E-state index >= 15 is 0 Å². The molecular formula is C56H91N7O35S. The number of thioether (sulfide) groups is 1. The minimum Gasteiger partial charge on any atom is -0.480 e.